The molecule has 2 N–H and O–H groups in total. The normalized spacial score (nSPS) is 11.9. The van der Waals surface area contributed by atoms with Crippen molar-refractivity contribution in [1.29, 1.82) is 0 Å². The zero-order valence-electron chi connectivity index (χ0n) is 12.8. The van der Waals surface area contributed by atoms with Crippen molar-refractivity contribution < 1.29 is 4.39 Å². The van der Waals surface area contributed by atoms with E-state index in [4.69, 9.17) is 5.73 Å². The molecule has 0 aliphatic rings. The summed E-state index contributed by atoms with van der Waals surface area (Å²) in [5, 5.41) is 0. The fourth-order valence-electron chi connectivity index (χ4n) is 2.42. The topological polar surface area (TPSA) is 43.8 Å². The van der Waals surface area contributed by atoms with Gasteiger partial charge in [-0.2, -0.15) is 0 Å². The van der Waals surface area contributed by atoms with E-state index in [9.17, 15) is 4.39 Å². The van der Waals surface area contributed by atoms with E-state index in [0.29, 0.717) is 17.1 Å². The maximum Gasteiger partial charge on any atom is 0.132 e. The molecule has 2 aromatic rings. The average molecular weight is 275 g/mol. The van der Waals surface area contributed by atoms with Crippen LogP contribution in [0.2, 0.25) is 0 Å². The average Bonchev–Trinajstić information content (AvgIpc) is 2.69. The summed E-state index contributed by atoms with van der Waals surface area (Å²) in [6.45, 7) is 10.0. The van der Waals surface area contributed by atoms with Gasteiger partial charge in [0.1, 0.15) is 23.2 Å². The lowest BCUT2D eigenvalue weighted by atomic mass is 10.1. The van der Waals surface area contributed by atoms with Gasteiger partial charge in [-0.25, -0.2) is 9.37 Å². The van der Waals surface area contributed by atoms with Crippen molar-refractivity contribution in [3.63, 3.8) is 0 Å². The van der Waals surface area contributed by atoms with Crippen molar-refractivity contribution in [2.45, 2.75) is 46.6 Å². The monoisotopic (exact) mass is 275 g/mol. The molecule has 0 aliphatic carbocycles. The molecular formula is C16H22FN3. The molecule has 1 heterocycles. The van der Waals surface area contributed by atoms with Gasteiger partial charge in [-0.1, -0.05) is 19.1 Å². The Kier molecular flexibility index (Phi) is 3.59. The fraction of sp³-hybridized carbons (Fsp3) is 0.438. The van der Waals surface area contributed by atoms with Gasteiger partial charge in [-0.3, -0.25) is 0 Å². The van der Waals surface area contributed by atoms with E-state index in [1.807, 2.05) is 17.6 Å². The van der Waals surface area contributed by atoms with Crippen LogP contribution in [0.1, 0.15) is 39.1 Å². The highest BCUT2D eigenvalue weighted by atomic mass is 19.1. The smallest absolute Gasteiger partial charge is 0.132 e. The largest absolute Gasteiger partial charge is 0.383 e. The number of nitrogen functional groups attached to an aromatic ring is 1. The summed E-state index contributed by atoms with van der Waals surface area (Å²) in [7, 11) is 0. The van der Waals surface area contributed by atoms with E-state index in [0.717, 1.165) is 17.8 Å². The van der Waals surface area contributed by atoms with Crippen LogP contribution in [0.4, 0.5) is 10.2 Å². The van der Waals surface area contributed by atoms with Crippen molar-refractivity contribution in [1.82, 2.24) is 9.55 Å². The molecule has 0 unspecified atom stereocenters. The summed E-state index contributed by atoms with van der Waals surface area (Å²) in [6.07, 6.45) is 0.788. The summed E-state index contributed by atoms with van der Waals surface area (Å²) in [5.41, 5.74) is 8.13. The lowest BCUT2D eigenvalue weighted by Crippen LogP contribution is -2.25. The molecule has 0 saturated carbocycles. The summed E-state index contributed by atoms with van der Waals surface area (Å²) < 4.78 is 15.8. The third-order valence-corrected chi connectivity index (χ3v) is 3.41. The predicted molar refractivity (Wildman–Crippen MR) is 81.1 cm³/mol. The Hall–Kier alpha value is -1.84. The Morgan fingerprint density at radius 1 is 1.30 bits per heavy atom. The second-order valence-electron chi connectivity index (χ2n) is 6.09. The number of aryl methyl sites for hydroxylation is 2. The summed E-state index contributed by atoms with van der Waals surface area (Å²) in [6, 6.07) is 5.12. The van der Waals surface area contributed by atoms with Crippen LogP contribution in [0.5, 0.6) is 0 Å². The summed E-state index contributed by atoms with van der Waals surface area (Å²) in [5.74, 6) is 1.29. The lowest BCUT2D eigenvalue weighted by Gasteiger charge is -2.24. The van der Waals surface area contributed by atoms with E-state index < -0.39 is 0 Å². The second kappa shape index (κ2) is 4.93. The van der Waals surface area contributed by atoms with Gasteiger partial charge in [0.05, 0.1) is 0 Å². The maximum absolute atomic E-state index is 13.7. The molecular weight excluding hydrogens is 253 g/mol. The number of nitrogens with zero attached hydrogens (tertiary/aromatic N) is 2. The molecule has 1 aromatic carbocycles. The Bertz CT molecular complexity index is 636. The Labute approximate surface area is 119 Å². The van der Waals surface area contributed by atoms with Gasteiger partial charge in [0.2, 0.25) is 0 Å². The standard InChI is InChI=1S/C16H22FN3/c1-6-13-19-14(15(18)20(13)16(3,4)5)11-8-7-10(2)12(17)9-11/h7-9H,6,18H2,1-5H3. The Morgan fingerprint density at radius 2 is 1.95 bits per heavy atom. The summed E-state index contributed by atoms with van der Waals surface area (Å²) >= 11 is 0. The van der Waals surface area contributed by atoms with Crippen LogP contribution in [-0.2, 0) is 12.0 Å². The number of hydrogen-bond donors (Lipinski definition) is 1. The number of benzene rings is 1. The minimum absolute atomic E-state index is 0.149. The third-order valence-electron chi connectivity index (χ3n) is 3.41. The van der Waals surface area contributed by atoms with Crippen LogP contribution in [-0.4, -0.2) is 9.55 Å². The van der Waals surface area contributed by atoms with Crippen molar-refractivity contribution in [2.75, 3.05) is 5.73 Å². The first kappa shape index (κ1) is 14.6. The minimum atomic E-state index is -0.231. The van der Waals surface area contributed by atoms with E-state index >= 15 is 0 Å². The highest BCUT2D eigenvalue weighted by Crippen LogP contribution is 2.32. The Balaban J connectivity index is 2.64. The first-order chi connectivity index (χ1) is 9.25. The SMILES string of the molecule is CCc1nc(-c2ccc(C)c(F)c2)c(N)n1C(C)(C)C. The molecule has 0 fully saturated rings. The van der Waals surface area contributed by atoms with E-state index in [1.54, 1.807) is 13.0 Å². The van der Waals surface area contributed by atoms with Gasteiger partial charge in [0.25, 0.3) is 0 Å². The minimum Gasteiger partial charge on any atom is -0.383 e. The van der Waals surface area contributed by atoms with Gasteiger partial charge < -0.3 is 10.3 Å². The zero-order chi connectivity index (χ0) is 15.1. The van der Waals surface area contributed by atoms with Crippen LogP contribution in [0, 0.1) is 12.7 Å². The van der Waals surface area contributed by atoms with Crippen LogP contribution in [0.25, 0.3) is 11.3 Å². The van der Waals surface area contributed by atoms with Crippen LogP contribution in [0.15, 0.2) is 18.2 Å². The van der Waals surface area contributed by atoms with Crippen LogP contribution in [0.3, 0.4) is 0 Å². The van der Waals surface area contributed by atoms with Crippen molar-refractivity contribution >= 4 is 5.82 Å². The fourth-order valence-corrected chi connectivity index (χ4v) is 2.42. The zero-order valence-corrected chi connectivity index (χ0v) is 12.8. The molecule has 108 valence electrons. The van der Waals surface area contributed by atoms with Crippen molar-refractivity contribution in [2.24, 2.45) is 0 Å². The molecule has 2 rings (SSSR count). The third kappa shape index (κ3) is 2.42. The molecule has 4 heteroatoms. The van der Waals surface area contributed by atoms with E-state index in [-0.39, 0.29) is 11.4 Å². The van der Waals surface area contributed by atoms with Crippen LogP contribution < -0.4 is 5.73 Å². The number of hydrogen-bond acceptors (Lipinski definition) is 2. The first-order valence-electron chi connectivity index (χ1n) is 6.89. The van der Waals surface area contributed by atoms with Crippen molar-refractivity contribution in [3.8, 4) is 11.3 Å². The van der Waals surface area contributed by atoms with E-state index in [2.05, 4.69) is 25.8 Å². The molecule has 20 heavy (non-hydrogen) atoms. The molecule has 0 aliphatic heterocycles. The molecule has 1 aromatic heterocycles. The Morgan fingerprint density at radius 3 is 2.40 bits per heavy atom. The highest BCUT2D eigenvalue weighted by molar-refractivity contribution is 5.71. The molecule has 0 spiro atoms. The molecule has 0 radical (unpaired) electrons. The first-order valence-corrected chi connectivity index (χ1v) is 6.89. The second-order valence-corrected chi connectivity index (χ2v) is 6.09. The number of halogens is 1. The predicted octanol–water partition coefficient (Wildman–Crippen LogP) is 3.90. The quantitative estimate of drug-likeness (QED) is 0.903. The number of nitrogens with two attached hydrogens (primary N) is 1. The van der Waals surface area contributed by atoms with Gasteiger partial charge in [0, 0.05) is 17.5 Å². The number of aromatic nitrogens is 2. The summed E-state index contributed by atoms with van der Waals surface area (Å²) in [4.78, 5) is 4.61. The maximum atomic E-state index is 13.7. The number of rotatable bonds is 2. The molecule has 0 saturated heterocycles. The number of anilines is 1. The molecule has 0 atom stereocenters. The van der Waals surface area contributed by atoms with Gasteiger partial charge in [-0.15, -0.1) is 0 Å². The lowest BCUT2D eigenvalue weighted by molar-refractivity contribution is 0.389. The molecule has 3 nitrogen and oxygen atoms in total. The highest BCUT2D eigenvalue weighted by Gasteiger charge is 2.23. The number of imidazole rings is 1. The van der Waals surface area contributed by atoms with Crippen molar-refractivity contribution in [3.05, 3.63) is 35.4 Å². The molecule has 0 bridgehead atoms. The van der Waals surface area contributed by atoms with Gasteiger partial charge in [0.15, 0.2) is 0 Å². The van der Waals surface area contributed by atoms with E-state index in [1.165, 1.54) is 6.07 Å². The van der Waals surface area contributed by atoms with Gasteiger partial charge >= 0.3 is 0 Å². The van der Waals surface area contributed by atoms with Crippen LogP contribution >= 0.6 is 0 Å². The van der Waals surface area contributed by atoms with Gasteiger partial charge in [-0.05, 0) is 39.3 Å². The molecule has 0 amide bonds.